The van der Waals surface area contributed by atoms with Crippen molar-refractivity contribution in [1.29, 1.82) is 0 Å². The van der Waals surface area contributed by atoms with Gasteiger partial charge >= 0.3 is 0 Å². The van der Waals surface area contributed by atoms with Crippen LogP contribution in [0.25, 0.3) is 11.8 Å². The molecule has 3 aromatic rings. The zero-order valence-electron chi connectivity index (χ0n) is 11.6. The Balaban J connectivity index is 1.82. The third-order valence-electron chi connectivity index (χ3n) is 3.03. The van der Waals surface area contributed by atoms with Crippen LogP contribution in [-0.4, -0.2) is 25.5 Å². The van der Waals surface area contributed by atoms with E-state index >= 15 is 0 Å². The maximum Gasteiger partial charge on any atom is 0.197 e. The summed E-state index contributed by atoms with van der Waals surface area (Å²) in [6, 6.07) is 4.65. The molecule has 0 amide bonds. The van der Waals surface area contributed by atoms with E-state index < -0.39 is 5.82 Å². The standard InChI is InChI=1S/C15H11FN4OS/c1-10-15(22-9-18-10)14(21)5-3-11-2-4-13(12(16)6-11)20-8-17-7-19-20/h2-9H,1H3/b5-3-. The summed E-state index contributed by atoms with van der Waals surface area (Å²) in [5, 5.41) is 3.88. The van der Waals surface area contributed by atoms with Crippen molar-refractivity contribution in [3.63, 3.8) is 0 Å². The van der Waals surface area contributed by atoms with Gasteiger partial charge in [0.25, 0.3) is 0 Å². The predicted molar refractivity (Wildman–Crippen MR) is 81.5 cm³/mol. The number of aryl methyl sites for hydroxylation is 1. The number of rotatable bonds is 4. The van der Waals surface area contributed by atoms with Gasteiger partial charge in [-0.2, -0.15) is 5.10 Å². The van der Waals surface area contributed by atoms with E-state index in [4.69, 9.17) is 0 Å². The molecule has 0 aliphatic rings. The number of nitrogens with zero attached hydrogens (tertiary/aromatic N) is 4. The summed E-state index contributed by atoms with van der Waals surface area (Å²) in [6.45, 7) is 1.78. The molecule has 2 aromatic heterocycles. The second-order valence-electron chi connectivity index (χ2n) is 4.52. The van der Waals surface area contributed by atoms with Crippen molar-refractivity contribution in [3.05, 3.63) is 64.4 Å². The van der Waals surface area contributed by atoms with Gasteiger partial charge in [0.2, 0.25) is 0 Å². The van der Waals surface area contributed by atoms with Crippen LogP contribution in [0.4, 0.5) is 4.39 Å². The third kappa shape index (κ3) is 2.84. The van der Waals surface area contributed by atoms with Crippen LogP contribution in [0.15, 0.2) is 42.4 Å². The molecular formula is C15H11FN4OS. The molecule has 0 spiro atoms. The molecule has 2 heterocycles. The fraction of sp³-hybridized carbons (Fsp3) is 0.0667. The number of hydrogen-bond donors (Lipinski definition) is 0. The average Bonchev–Trinajstić information content (AvgIpc) is 3.16. The van der Waals surface area contributed by atoms with Gasteiger partial charge in [0, 0.05) is 0 Å². The summed E-state index contributed by atoms with van der Waals surface area (Å²) in [4.78, 5) is 20.4. The Labute approximate surface area is 129 Å². The summed E-state index contributed by atoms with van der Waals surface area (Å²) < 4.78 is 15.4. The Kier molecular flexibility index (Phi) is 3.88. The number of carbonyl (C=O) groups excluding carboxylic acids is 1. The highest BCUT2D eigenvalue weighted by Gasteiger charge is 2.09. The Morgan fingerprint density at radius 2 is 2.27 bits per heavy atom. The van der Waals surface area contributed by atoms with Crippen molar-refractivity contribution in [2.24, 2.45) is 0 Å². The third-order valence-corrected chi connectivity index (χ3v) is 3.98. The number of halogens is 1. The number of aromatic nitrogens is 4. The van der Waals surface area contributed by atoms with Crippen LogP contribution in [0, 0.1) is 12.7 Å². The first-order chi connectivity index (χ1) is 10.6. The minimum Gasteiger partial charge on any atom is -0.288 e. The summed E-state index contributed by atoms with van der Waals surface area (Å²) >= 11 is 1.29. The van der Waals surface area contributed by atoms with E-state index in [9.17, 15) is 9.18 Å². The molecule has 0 aliphatic carbocycles. The molecule has 0 saturated heterocycles. The Bertz CT molecular complexity index is 839. The SMILES string of the molecule is Cc1ncsc1C(=O)/C=C\c1ccc(-n2cncn2)c(F)c1. The minimum atomic E-state index is -0.436. The molecule has 0 atom stereocenters. The first kappa shape index (κ1) is 14.3. The molecule has 7 heteroatoms. The van der Waals surface area contributed by atoms with Crippen molar-refractivity contribution in [1.82, 2.24) is 19.7 Å². The maximum absolute atomic E-state index is 14.1. The largest absolute Gasteiger partial charge is 0.288 e. The van der Waals surface area contributed by atoms with E-state index in [1.165, 1.54) is 40.8 Å². The van der Waals surface area contributed by atoms with Gasteiger partial charge in [-0.15, -0.1) is 11.3 Å². The summed E-state index contributed by atoms with van der Waals surface area (Å²) in [5.74, 6) is -0.574. The maximum atomic E-state index is 14.1. The van der Waals surface area contributed by atoms with E-state index in [0.29, 0.717) is 21.8 Å². The first-order valence-electron chi connectivity index (χ1n) is 6.42. The van der Waals surface area contributed by atoms with E-state index in [1.807, 2.05) is 0 Å². The van der Waals surface area contributed by atoms with Gasteiger partial charge in [0.15, 0.2) is 5.78 Å². The summed E-state index contributed by atoms with van der Waals surface area (Å²) in [5.41, 5.74) is 3.23. The van der Waals surface area contributed by atoms with Crippen LogP contribution in [0.5, 0.6) is 0 Å². The lowest BCUT2D eigenvalue weighted by Gasteiger charge is -2.03. The number of hydrogen-bond acceptors (Lipinski definition) is 5. The fourth-order valence-corrected chi connectivity index (χ4v) is 2.65. The van der Waals surface area contributed by atoms with Gasteiger partial charge in [-0.25, -0.2) is 19.0 Å². The number of carbonyl (C=O) groups is 1. The highest BCUT2D eigenvalue weighted by Crippen LogP contribution is 2.17. The van der Waals surface area contributed by atoms with Crippen LogP contribution < -0.4 is 0 Å². The number of allylic oxidation sites excluding steroid dienone is 1. The second kappa shape index (κ2) is 5.98. The quantitative estimate of drug-likeness (QED) is 0.548. The zero-order valence-corrected chi connectivity index (χ0v) is 12.4. The Morgan fingerprint density at radius 3 is 2.91 bits per heavy atom. The molecule has 5 nitrogen and oxygen atoms in total. The molecule has 0 aliphatic heterocycles. The van der Waals surface area contributed by atoms with Gasteiger partial charge in [-0.05, 0) is 30.7 Å². The van der Waals surface area contributed by atoms with E-state index in [-0.39, 0.29) is 5.78 Å². The molecule has 22 heavy (non-hydrogen) atoms. The molecule has 0 fully saturated rings. The number of ketones is 1. The van der Waals surface area contributed by atoms with Crippen LogP contribution in [0.3, 0.4) is 0 Å². The van der Waals surface area contributed by atoms with Gasteiger partial charge in [-0.1, -0.05) is 12.1 Å². The van der Waals surface area contributed by atoms with Gasteiger partial charge < -0.3 is 0 Å². The predicted octanol–water partition coefficient (Wildman–Crippen LogP) is 3.07. The molecule has 1 aromatic carbocycles. The van der Waals surface area contributed by atoms with Crippen LogP contribution in [0.1, 0.15) is 20.9 Å². The van der Waals surface area contributed by atoms with E-state index in [0.717, 1.165) is 0 Å². The average molecular weight is 314 g/mol. The van der Waals surface area contributed by atoms with E-state index in [1.54, 1.807) is 30.6 Å². The molecule has 110 valence electrons. The van der Waals surface area contributed by atoms with Crippen LogP contribution in [0.2, 0.25) is 0 Å². The van der Waals surface area contributed by atoms with Gasteiger partial charge in [0.05, 0.1) is 16.1 Å². The molecule has 0 bridgehead atoms. The van der Waals surface area contributed by atoms with Crippen LogP contribution >= 0.6 is 11.3 Å². The smallest absolute Gasteiger partial charge is 0.197 e. The monoisotopic (exact) mass is 314 g/mol. The topological polar surface area (TPSA) is 60.7 Å². The van der Waals surface area contributed by atoms with Crippen molar-refractivity contribution in [3.8, 4) is 5.69 Å². The summed E-state index contributed by atoms with van der Waals surface area (Å²) in [6.07, 6.45) is 5.76. The zero-order chi connectivity index (χ0) is 15.5. The molecular weight excluding hydrogens is 303 g/mol. The van der Waals surface area contributed by atoms with Crippen molar-refractivity contribution >= 4 is 23.2 Å². The highest BCUT2D eigenvalue weighted by atomic mass is 32.1. The van der Waals surface area contributed by atoms with Crippen LogP contribution in [-0.2, 0) is 0 Å². The first-order valence-corrected chi connectivity index (χ1v) is 7.30. The second-order valence-corrected chi connectivity index (χ2v) is 5.37. The van der Waals surface area contributed by atoms with Gasteiger partial charge in [0.1, 0.15) is 24.2 Å². The lowest BCUT2D eigenvalue weighted by molar-refractivity contribution is 0.105. The van der Waals surface area contributed by atoms with Crippen molar-refractivity contribution < 1.29 is 9.18 Å². The molecule has 3 rings (SSSR count). The van der Waals surface area contributed by atoms with Crippen molar-refractivity contribution in [2.45, 2.75) is 6.92 Å². The van der Waals surface area contributed by atoms with Crippen molar-refractivity contribution in [2.75, 3.05) is 0 Å². The minimum absolute atomic E-state index is 0.138. The van der Waals surface area contributed by atoms with Gasteiger partial charge in [-0.3, -0.25) is 4.79 Å². The summed E-state index contributed by atoms with van der Waals surface area (Å²) in [7, 11) is 0. The molecule has 0 saturated carbocycles. The van der Waals surface area contributed by atoms with E-state index in [2.05, 4.69) is 15.1 Å². The lowest BCUT2D eigenvalue weighted by atomic mass is 10.1. The number of benzene rings is 1. The molecule has 0 N–H and O–H groups in total. The molecule has 0 unspecified atom stereocenters. The normalized spacial score (nSPS) is 11.2. The lowest BCUT2D eigenvalue weighted by Crippen LogP contribution is -1.98. The Morgan fingerprint density at radius 1 is 1.41 bits per heavy atom. The highest BCUT2D eigenvalue weighted by molar-refractivity contribution is 7.12. The Hall–Kier alpha value is -2.67. The molecule has 0 radical (unpaired) electrons. The fourth-order valence-electron chi connectivity index (χ4n) is 1.93. The number of thiazole rings is 1.